The summed E-state index contributed by atoms with van der Waals surface area (Å²) in [6, 6.07) is 8.00. The maximum atomic E-state index is 12.5. The van der Waals surface area contributed by atoms with E-state index >= 15 is 0 Å². The molecule has 1 atom stereocenters. The van der Waals surface area contributed by atoms with Gasteiger partial charge in [-0.05, 0) is 43.4 Å². The third-order valence-corrected chi connectivity index (χ3v) is 4.90. The van der Waals surface area contributed by atoms with Crippen LogP contribution in [0.2, 0.25) is 0 Å². The predicted molar refractivity (Wildman–Crippen MR) is 90.1 cm³/mol. The summed E-state index contributed by atoms with van der Waals surface area (Å²) < 4.78 is 0. The second kappa shape index (κ2) is 7.13. The second-order valence-electron chi connectivity index (χ2n) is 6.46. The Morgan fingerprint density at radius 1 is 1.13 bits per heavy atom. The number of nitrogens with two attached hydrogens (primary N) is 1. The minimum absolute atomic E-state index is 0.158. The van der Waals surface area contributed by atoms with Crippen molar-refractivity contribution < 1.29 is 9.59 Å². The maximum Gasteiger partial charge on any atom is 0.227 e. The van der Waals surface area contributed by atoms with Crippen molar-refractivity contribution in [2.24, 2.45) is 5.73 Å². The van der Waals surface area contributed by atoms with Gasteiger partial charge < -0.3 is 15.5 Å². The van der Waals surface area contributed by atoms with Gasteiger partial charge in [0.05, 0.1) is 6.42 Å². The summed E-state index contributed by atoms with van der Waals surface area (Å²) in [5, 5.41) is 0. The van der Waals surface area contributed by atoms with Crippen molar-refractivity contribution in [2.45, 2.75) is 44.6 Å². The van der Waals surface area contributed by atoms with E-state index in [-0.39, 0.29) is 17.9 Å². The van der Waals surface area contributed by atoms with Crippen LogP contribution in [0, 0.1) is 0 Å². The van der Waals surface area contributed by atoms with Gasteiger partial charge in [-0.15, -0.1) is 0 Å². The van der Waals surface area contributed by atoms with Crippen molar-refractivity contribution in [1.29, 1.82) is 0 Å². The Kier molecular flexibility index (Phi) is 4.96. The summed E-state index contributed by atoms with van der Waals surface area (Å²) in [5.41, 5.74) is 7.72. The molecule has 0 unspecified atom stereocenters. The third-order valence-electron chi connectivity index (χ3n) is 4.90. The number of carbonyl (C=O) groups is 2. The highest BCUT2D eigenvalue weighted by Crippen LogP contribution is 2.22. The number of carbonyl (C=O) groups excluding carboxylic acids is 2. The molecule has 2 saturated heterocycles. The van der Waals surface area contributed by atoms with Crippen molar-refractivity contribution >= 4 is 17.5 Å². The average molecular weight is 315 g/mol. The van der Waals surface area contributed by atoms with Crippen LogP contribution in [0.15, 0.2) is 24.3 Å². The topological polar surface area (TPSA) is 66.6 Å². The minimum atomic E-state index is 0.158. The van der Waals surface area contributed by atoms with Crippen LogP contribution in [0.3, 0.4) is 0 Å². The van der Waals surface area contributed by atoms with Gasteiger partial charge in [-0.2, -0.15) is 0 Å². The Morgan fingerprint density at radius 3 is 2.57 bits per heavy atom. The molecule has 124 valence electrons. The number of hydrogen-bond acceptors (Lipinski definition) is 3. The van der Waals surface area contributed by atoms with Crippen molar-refractivity contribution in [3.8, 4) is 0 Å². The molecule has 5 heteroatoms. The molecule has 1 aromatic carbocycles. The van der Waals surface area contributed by atoms with Crippen LogP contribution >= 0.6 is 0 Å². The quantitative estimate of drug-likeness (QED) is 0.919. The van der Waals surface area contributed by atoms with Crippen LogP contribution in [0.1, 0.15) is 37.7 Å². The van der Waals surface area contributed by atoms with Gasteiger partial charge in [-0.1, -0.05) is 12.1 Å². The Morgan fingerprint density at radius 2 is 1.91 bits per heavy atom. The van der Waals surface area contributed by atoms with Gasteiger partial charge in [0.1, 0.15) is 0 Å². The molecule has 0 aromatic heterocycles. The minimum Gasteiger partial charge on any atom is -0.338 e. The molecule has 3 rings (SSSR count). The normalized spacial score (nSPS) is 21.8. The molecule has 2 N–H and O–H groups in total. The lowest BCUT2D eigenvalue weighted by Crippen LogP contribution is -2.48. The van der Waals surface area contributed by atoms with Gasteiger partial charge >= 0.3 is 0 Å². The van der Waals surface area contributed by atoms with Gasteiger partial charge in [0.2, 0.25) is 11.8 Å². The van der Waals surface area contributed by atoms with Gasteiger partial charge in [-0.3, -0.25) is 9.59 Å². The fraction of sp³-hybridized carbons (Fsp3) is 0.556. The van der Waals surface area contributed by atoms with Crippen molar-refractivity contribution in [1.82, 2.24) is 4.90 Å². The van der Waals surface area contributed by atoms with Gasteiger partial charge in [0.15, 0.2) is 0 Å². The molecule has 2 aliphatic heterocycles. The number of amides is 2. The summed E-state index contributed by atoms with van der Waals surface area (Å²) in [4.78, 5) is 28.1. The lowest BCUT2D eigenvalue weighted by atomic mass is 10.0. The molecule has 0 bridgehead atoms. The average Bonchev–Trinajstić information content (AvgIpc) is 3.01. The Bertz CT molecular complexity index is 570. The zero-order chi connectivity index (χ0) is 16.2. The van der Waals surface area contributed by atoms with E-state index < -0.39 is 0 Å². The highest BCUT2D eigenvalue weighted by atomic mass is 16.2. The molecular formula is C18H25N3O2. The number of hydrogen-bond donors (Lipinski definition) is 1. The van der Waals surface area contributed by atoms with E-state index in [0.29, 0.717) is 19.4 Å². The number of benzene rings is 1. The Balaban J connectivity index is 1.63. The van der Waals surface area contributed by atoms with Gasteiger partial charge in [-0.25, -0.2) is 0 Å². The van der Waals surface area contributed by atoms with E-state index in [0.717, 1.165) is 50.0 Å². The Hall–Kier alpha value is -1.88. The summed E-state index contributed by atoms with van der Waals surface area (Å²) in [7, 11) is 0. The fourth-order valence-electron chi connectivity index (χ4n) is 3.57. The zero-order valence-electron chi connectivity index (χ0n) is 13.5. The largest absolute Gasteiger partial charge is 0.338 e. The monoisotopic (exact) mass is 315 g/mol. The first-order valence-corrected chi connectivity index (χ1v) is 8.58. The first kappa shape index (κ1) is 16.0. The highest BCUT2D eigenvalue weighted by molar-refractivity contribution is 5.95. The van der Waals surface area contributed by atoms with Crippen molar-refractivity contribution in [3.63, 3.8) is 0 Å². The lowest BCUT2D eigenvalue weighted by molar-refractivity contribution is -0.133. The standard InChI is InChI=1S/C18H25N3O2/c19-13-16-4-1-2-10-21(16)18(23)12-14-6-8-15(9-7-14)20-11-3-5-17(20)22/h6-9,16H,1-5,10-13,19H2/t16-/m0/s1. The van der Waals surface area contributed by atoms with Gasteiger partial charge in [0, 0.05) is 37.8 Å². The Labute approximate surface area is 137 Å². The molecule has 2 heterocycles. The number of anilines is 1. The smallest absolute Gasteiger partial charge is 0.227 e. The molecule has 0 aliphatic carbocycles. The van der Waals surface area contributed by atoms with E-state index in [4.69, 9.17) is 5.73 Å². The number of nitrogens with zero attached hydrogens (tertiary/aromatic N) is 2. The highest BCUT2D eigenvalue weighted by Gasteiger charge is 2.25. The second-order valence-corrected chi connectivity index (χ2v) is 6.46. The number of likely N-dealkylation sites (tertiary alicyclic amines) is 1. The van der Waals surface area contributed by atoms with Crippen LogP contribution in [-0.2, 0) is 16.0 Å². The molecule has 0 spiro atoms. The van der Waals surface area contributed by atoms with Crippen molar-refractivity contribution in [3.05, 3.63) is 29.8 Å². The van der Waals surface area contributed by atoms with Crippen LogP contribution in [0.4, 0.5) is 5.69 Å². The summed E-state index contributed by atoms with van der Waals surface area (Å²) in [5.74, 6) is 0.345. The van der Waals surface area contributed by atoms with E-state index in [2.05, 4.69) is 0 Å². The fourth-order valence-corrected chi connectivity index (χ4v) is 3.57. The zero-order valence-corrected chi connectivity index (χ0v) is 13.5. The molecule has 2 amide bonds. The van der Waals surface area contributed by atoms with E-state index in [1.54, 1.807) is 0 Å². The molecule has 2 aliphatic rings. The van der Waals surface area contributed by atoms with E-state index in [1.807, 2.05) is 34.1 Å². The summed E-state index contributed by atoms with van der Waals surface area (Å²) >= 11 is 0. The van der Waals surface area contributed by atoms with Crippen molar-refractivity contribution in [2.75, 3.05) is 24.5 Å². The molecule has 23 heavy (non-hydrogen) atoms. The first-order valence-electron chi connectivity index (χ1n) is 8.58. The molecular weight excluding hydrogens is 290 g/mol. The van der Waals surface area contributed by atoms with E-state index in [1.165, 1.54) is 0 Å². The molecule has 5 nitrogen and oxygen atoms in total. The van der Waals surface area contributed by atoms with E-state index in [9.17, 15) is 9.59 Å². The first-order chi connectivity index (χ1) is 11.2. The molecule has 2 fully saturated rings. The van der Waals surface area contributed by atoms with Crippen LogP contribution in [0.25, 0.3) is 0 Å². The van der Waals surface area contributed by atoms with Crippen LogP contribution < -0.4 is 10.6 Å². The predicted octanol–water partition coefficient (Wildman–Crippen LogP) is 1.70. The van der Waals surface area contributed by atoms with Crippen LogP contribution in [-0.4, -0.2) is 42.4 Å². The molecule has 0 saturated carbocycles. The maximum absolute atomic E-state index is 12.5. The molecule has 1 aromatic rings. The summed E-state index contributed by atoms with van der Waals surface area (Å²) in [6.07, 6.45) is 5.20. The molecule has 0 radical (unpaired) electrons. The lowest BCUT2D eigenvalue weighted by Gasteiger charge is -2.35. The van der Waals surface area contributed by atoms with Crippen LogP contribution in [0.5, 0.6) is 0 Å². The number of rotatable bonds is 4. The third kappa shape index (κ3) is 3.55. The van der Waals surface area contributed by atoms with Gasteiger partial charge in [0.25, 0.3) is 0 Å². The SMILES string of the molecule is NC[C@@H]1CCCCN1C(=O)Cc1ccc(N2CCCC2=O)cc1. The summed E-state index contributed by atoms with van der Waals surface area (Å²) in [6.45, 7) is 2.16. The number of piperidine rings is 1.